The van der Waals surface area contributed by atoms with Gasteiger partial charge in [0.2, 0.25) is 0 Å². The predicted octanol–water partition coefficient (Wildman–Crippen LogP) is -0.543. The molecule has 1 aliphatic heterocycles. The fourth-order valence-electron chi connectivity index (χ4n) is 1.26. The zero-order valence-corrected chi connectivity index (χ0v) is 6.40. The summed E-state index contributed by atoms with van der Waals surface area (Å²) in [6.45, 7) is 1.38. The van der Waals surface area contributed by atoms with E-state index in [2.05, 4.69) is 6.07 Å². The SMILES string of the molecule is N#CC1CCN(N)CCC1O. The van der Waals surface area contributed by atoms with Crippen LogP contribution in [0.3, 0.4) is 0 Å². The van der Waals surface area contributed by atoms with Gasteiger partial charge in [0.15, 0.2) is 0 Å². The lowest BCUT2D eigenvalue weighted by molar-refractivity contribution is 0.127. The van der Waals surface area contributed by atoms with Crippen molar-refractivity contribution in [3.63, 3.8) is 0 Å². The zero-order chi connectivity index (χ0) is 8.27. The highest BCUT2D eigenvalue weighted by Gasteiger charge is 2.22. The van der Waals surface area contributed by atoms with Gasteiger partial charge in [-0.05, 0) is 12.8 Å². The lowest BCUT2D eigenvalue weighted by Crippen LogP contribution is -2.31. The van der Waals surface area contributed by atoms with Crippen molar-refractivity contribution >= 4 is 0 Å². The largest absolute Gasteiger partial charge is 0.392 e. The van der Waals surface area contributed by atoms with Crippen molar-refractivity contribution in [3.05, 3.63) is 0 Å². The second kappa shape index (κ2) is 3.67. The Labute approximate surface area is 66.2 Å². The summed E-state index contributed by atoms with van der Waals surface area (Å²) >= 11 is 0. The van der Waals surface area contributed by atoms with E-state index in [0.29, 0.717) is 25.9 Å². The van der Waals surface area contributed by atoms with Gasteiger partial charge in [-0.25, -0.2) is 5.01 Å². The molecule has 1 saturated heterocycles. The number of nitrogens with two attached hydrogens (primary N) is 1. The van der Waals surface area contributed by atoms with E-state index in [1.807, 2.05) is 0 Å². The maximum atomic E-state index is 9.36. The summed E-state index contributed by atoms with van der Waals surface area (Å²) < 4.78 is 0. The van der Waals surface area contributed by atoms with Crippen LogP contribution in [0.15, 0.2) is 0 Å². The quantitative estimate of drug-likeness (QED) is 0.461. The molecule has 0 saturated carbocycles. The van der Waals surface area contributed by atoms with Crippen LogP contribution < -0.4 is 5.84 Å². The molecule has 0 spiro atoms. The summed E-state index contributed by atoms with van der Waals surface area (Å²) in [5.74, 6) is 5.29. The second-order valence-electron chi connectivity index (χ2n) is 2.92. The van der Waals surface area contributed by atoms with Crippen molar-refractivity contribution in [2.75, 3.05) is 13.1 Å². The van der Waals surface area contributed by atoms with E-state index in [4.69, 9.17) is 11.1 Å². The molecular weight excluding hydrogens is 142 g/mol. The van der Waals surface area contributed by atoms with E-state index in [0.717, 1.165) is 0 Å². The average Bonchev–Trinajstić information content (AvgIpc) is 2.15. The van der Waals surface area contributed by atoms with Crippen LogP contribution in [0, 0.1) is 17.2 Å². The van der Waals surface area contributed by atoms with Crippen LogP contribution in [-0.4, -0.2) is 29.3 Å². The molecule has 4 heteroatoms. The molecule has 3 N–H and O–H groups in total. The molecular formula is C7H13N3O. The van der Waals surface area contributed by atoms with Crippen LogP contribution in [0.1, 0.15) is 12.8 Å². The Morgan fingerprint density at radius 2 is 2.09 bits per heavy atom. The van der Waals surface area contributed by atoms with E-state index >= 15 is 0 Å². The minimum Gasteiger partial charge on any atom is -0.392 e. The second-order valence-corrected chi connectivity index (χ2v) is 2.92. The highest BCUT2D eigenvalue weighted by molar-refractivity contribution is 4.90. The fraction of sp³-hybridized carbons (Fsp3) is 0.857. The molecule has 0 radical (unpaired) electrons. The number of aliphatic hydroxyl groups is 1. The third kappa shape index (κ3) is 2.15. The Kier molecular flexibility index (Phi) is 2.83. The van der Waals surface area contributed by atoms with Crippen molar-refractivity contribution in [1.29, 1.82) is 5.26 Å². The molecule has 0 aromatic heterocycles. The van der Waals surface area contributed by atoms with Gasteiger partial charge in [-0.3, -0.25) is 5.84 Å². The van der Waals surface area contributed by atoms with E-state index in [1.165, 1.54) is 0 Å². The number of hydrogen-bond donors (Lipinski definition) is 2. The molecule has 1 heterocycles. The van der Waals surface area contributed by atoms with E-state index in [9.17, 15) is 5.11 Å². The lowest BCUT2D eigenvalue weighted by Gasteiger charge is -2.10. The van der Waals surface area contributed by atoms with Gasteiger partial charge in [0, 0.05) is 13.1 Å². The van der Waals surface area contributed by atoms with Gasteiger partial charge in [-0.15, -0.1) is 0 Å². The van der Waals surface area contributed by atoms with Crippen LogP contribution >= 0.6 is 0 Å². The van der Waals surface area contributed by atoms with Crippen molar-refractivity contribution in [2.24, 2.45) is 11.8 Å². The van der Waals surface area contributed by atoms with E-state index in [1.54, 1.807) is 5.01 Å². The van der Waals surface area contributed by atoms with Crippen LogP contribution in [0.4, 0.5) is 0 Å². The molecule has 0 aliphatic carbocycles. The van der Waals surface area contributed by atoms with Gasteiger partial charge in [-0.2, -0.15) is 5.26 Å². The maximum Gasteiger partial charge on any atom is 0.0735 e. The summed E-state index contributed by atoms with van der Waals surface area (Å²) in [4.78, 5) is 0. The maximum absolute atomic E-state index is 9.36. The monoisotopic (exact) mass is 155 g/mol. The van der Waals surface area contributed by atoms with E-state index < -0.39 is 6.10 Å². The number of nitriles is 1. The van der Waals surface area contributed by atoms with Gasteiger partial charge < -0.3 is 5.11 Å². The molecule has 4 nitrogen and oxygen atoms in total. The summed E-state index contributed by atoms with van der Waals surface area (Å²) in [7, 11) is 0. The first-order chi connectivity index (χ1) is 5.24. The Hall–Kier alpha value is -0.630. The molecule has 1 aliphatic rings. The molecule has 1 rings (SSSR count). The summed E-state index contributed by atoms with van der Waals surface area (Å²) in [5.41, 5.74) is 0. The lowest BCUT2D eigenvalue weighted by atomic mass is 10.00. The van der Waals surface area contributed by atoms with E-state index in [-0.39, 0.29) is 5.92 Å². The van der Waals surface area contributed by atoms with Gasteiger partial charge in [0.1, 0.15) is 0 Å². The van der Waals surface area contributed by atoms with Crippen LogP contribution in [-0.2, 0) is 0 Å². The van der Waals surface area contributed by atoms with Gasteiger partial charge in [0.05, 0.1) is 18.1 Å². The summed E-state index contributed by atoms with van der Waals surface area (Å²) in [5, 5.41) is 19.6. The standard InChI is InChI=1S/C7H13N3O/c8-5-6-1-3-10(9)4-2-7(6)11/h6-7,11H,1-4,9H2. The summed E-state index contributed by atoms with van der Waals surface area (Å²) in [6, 6.07) is 2.08. The van der Waals surface area contributed by atoms with Gasteiger partial charge >= 0.3 is 0 Å². The van der Waals surface area contributed by atoms with Crippen LogP contribution in [0.2, 0.25) is 0 Å². The molecule has 2 unspecified atom stereocenters. The Morgan fingerprint density at radius 3 is 2.73 bits per heavy atom. The smallest absolute Gasteiger partial charge is 0.0735 e. The molecule has 0 amide bonds. The Bertz CT molecular complexity index is 166. The van der Waals surface area contributed by atoms with Crippen molar-refractivity contribution in [1.82, 2.24) is 5.01 Å². The molecule has 11 heavy (non-hydrogen) atoms. The highest BCUT2D eigenvalue weighted by atomic mass is 16.3. The van der Waals surface area contributed by atoms with Gasteiger partial charge in [-0.1, -0.05) is 0 Å². The topological polar surface area (TPSA) is 73.3 Å². The van der Waals surface area contributed by atoms with Crippen LogP contribution in [0.25, 0.3) is 0 Å². The van der Waals surface area contributed by atoms with Crippen molar-refractivity contribution in [3.8, 4) is 6.07 Å². The Balaban J connectivity index is 2.50. The molecule has 0 aromatic rings. The third-order valence-corrected chi connectivity index (χ3v) is 2.07. The molecule has 0 bridgehead atoms. The van der Waals surface area contributed by atoms with Crippen molar-refractivity contribution < 1.29 is 5.11 Å². The number of rotatable bonds is 0. The molecule has 62 valence electrons. The Morgan fingerprint density at radius 1 is 1.45 bits per heavy atom. The minimum absolute atomic E-state index is 0.233. The number of aliphatic hydroxyl groups excluding tert-OH is 1. The first-order valence-corrected chi connectivity index (χ1v) is 3.81. The highest BCUT2D eigenvalue weighted by Crippen LogP contribution is 2.15. The predicted molar refractivity (Wildman–Crippen MR) is 40.1 cm³/mol. The first-order valence-electron chi connectivity index (χ1n) is 3.81. The van der Waals surface area contributed by atoms with Gasteiger partial charge in [0.25, 0.3) is 0 Å². The fourth-order valence-corrected chi connectivity index (χ4v) is 1.26. The third-order valence-electron chi connectivity index (χ3n) is 2.07. The van der Waals surface area contributed by atoms with Crippen LogP contribution in [0.5, 0.6) is 0 Å². The normalized spacial score (nSPS) is 34.3. The average molecular weight is 155 g/mol. The first kappa shape index (κ1) is 8.47. The molecule has 2 atom stereocenters. The molecule has 1 fully saturated rings. The number of nitrogens with zero attached hydrogens (tertiary/aromatic N) is 2. The van der Waals surface area contributed by atoms with Crippen molar-refractivity contribution in [2.45, 2.75) is 18.9 Å². The zero-order valence-electron chi connectivity index (χ0n) is 6.40. The summed E-state index contributed by atoms with van der Waals surface area (Å²) in [6.07, 6.45) is 0.789. The molecule has 0 aromatic carbocycles. The minimum atomic E-state index is -0.492. The number of hydrogen-bond acceptors (Lipinski definition) is 4. The number of hydrazine groups is 1.